The van der Waals surface area contributed by atoms with Crippen molar-refractivity contribution in [1.29, 1.82) is 0 Å². The maximum absolute atomic E-state index is 5.82. The average Bonchev–Trinajstić information content (AvgIpc) is 2.48. The summed E-state index contributed by atoms with van der Waals surface area (Å²) in [6.07, 6.45) is 0. The summed E-state index contributed by atoms with van der Waals surface area (Å²) in [6.45, 7) is 7.84. The van der Waals surface area contributed by atoms with Crippen molar-refractivity contribution in [2.45, 2.75) is 26.8 Å². The Kier molecular flexibility index (Phi) is 5.83. The van der Waals surface area contributed by atoms with E-state index in [4.69, 9.17) is 4.74 Å². The first-order chi connectivity index (χ1) is 10.2. The summed E-state index contributed by atoms with van der Waals surface area (Å²) in [7, 11) is 0. The van der Waals surface area contributed by atoms with Crippen LogP contribution in [0.15, 0.2) is 46.9 Å². The van der Waals surface area contributed by atoms with Gasteiger partial charge in [-0.2, -0.15) is 0 Å². The number of benzene rings is 2. The Labute approximate surface area is 135 Å². The molecule has 0 fully saturated rings. The first-order valence-electron chi connectivity index (χ1n) is 7.37. The molecule has 3 heteroatoms. The van der Waals surface area contributed by atoms with Gasteiger partial charge in [0.05, 0.1) is 12.6 Å². The molecule has 0 spiro atoms. The van der Waals surface area contributed by atoms with Gasteiger partial charge in [-0.1, -0.05) is 52.7 Å². The van der Waals surface area contributed by atoms with Crippen molar-refractivity contribution in [3.8, 4) is 5.75 Å². The molecule has 2 nitrogen and oxygen atoms in total. The molecular formula is C18H22BrNO. The van der Waals surface area contributed by atoms with E-state index in [1.54, 1.807) is 0 Å². The molecule has 112 valence electrons. The Hall–Kier alpha value is -1.32. The molecule has 0 aliphatic heterocycles. The molecule has 2 rings (SSSR count). The highest BCUT2D eigenvalue weighted by atomic mass is 79.9. The van der Waals surface area contributed by atoms with Gasteiger partial charge in [0, 0.05) is 10.0 Å². The van der Waals surface area contributed by atoms with Crippen LogP contribution in [0.5, 0.6) is 5.75 Å². The van der Waals surface area contributed by atoms with Crippen LogP contribution in [-0.4, -0.2) is 13.2 Å². The molecule has 0 aromatic heterocycles. The predicted molar refractivity (Wildman–Crippen MR) is 92.0 cm³/mol. The van der Waals surface area contributed by atoms with Crippen LogP contribution in [0.2, 0.25) is 0 Å². The molecule has 2 aromatic carbocycles. The number of nitrogens with one attached hydrogen (secondary N) is 1. The molecule has 0 radical (unpaired) electrons. The van der Waals surface area contributed by atoms with E-state index in [1.165, 1.54) is 16.7 Å². The van der Waals surface area contributed by atoms with E-state index < -0.39 is 0 Å². The lowest BCUT2D eigenvalue weighted by atomic mass is 9.96. The van der Waals surface area contributed by atoms with Crippen LogP contribution >= 0.6 is 15.9 Å². The third kappa shape index (κ3) is 4.08. The van der Waals surface area contributed by atoms with Crippen LogP contribution in [0.25, 0.3) is 0 Å². The van der Waals surface area contributed by atoms with Crippen molar-refractivity contribution in [3.63, 3.8) is 0 Å². The van der Waals surface area contributed by atoms with Gasteiger partial charge in [0.2, 0.25) is 0 Å². The highest BCUT2D eigenvalue weighted by molar-refractivity contribution is 9.10. The molecule has 0 saturated heterocycles. The number of rotatable bonds is 6. The molecule has 1 atom stereocenters. The summed E-state index contributed by atoms with van der Waals surface area (Å²) < 4.78 is 6.91. The van der Waals surface area contributed by atoms with Crippen molar-refractivity contribution >= 4 is 15.9 Å². The van der Waals surface area contributed by atoms with Gasteiger partial charge in [-0.05, 0) is 44.2 Å². The molecule has 21 heavy (non-hydrogen) atoms. The van der Waals surface area contributed by atoms with Gasteiger partial charge in [-0.15, -0.1) is 0 Å². The first-order valence-corrected chi connectivity index (χ1v) is 8.17. The fraction of sp³-hybridized carbons (Fsp3) is 0.333. The van der Waals surface area contributed by atoms with Gasteiger partial charge in [-0.25, -0.2) is 0 Å². The van der Waals surface area contributed by atoms with Crippen LogP contribution in [0.3, 0.4) is 0 Å². The number of hydrogen-bond acceptors (Lipinski definition) is 2. The molecular weight excluding hydrogens is 326 g/mol. The Bertz CT molecular complexity index is 580. The Morgan fingerprint density at radius 2 is 1.81 bits per heavy atom. The van der Waals surface area contributed by atoms with Crippen molar-refractivity contribution in [2.75, 3.05) is 13.2 Å². The SMILES string of the molecule is CCNC(c1ccc(Br)cc1)c1cc(C)ccc1OCC. The Morgan fingerprint density at radius 3 is 2.43 bits per heavy atom. The van der Waals surface area contributed by atoms with E-state index >= 15 is 0 Å². The van der Waals surface area contributed by atoms with Gasteiger partial charge >= 0.3 is 0 Å². The topological polar surface area (TPSA) is 21.3 Å². The van der Waals surface area contributed by atoms with Gasteiger partial charge in [-0.3, -0.25) is 0 Å². The van der Waals surface area contributed by atoms with Gasteiger partial charge < -0.3 is 10.1 Å². The molecule has 0 heterocycles. The lowest BCUT2D eigenvalue weighted by Crippen LogP contribution is -2.22. The van der Waals surface area contributed by atoms with E-state index in [0.717, 1.165) is 16.8 Å². The van der Waals surface area contributed by atoms with E-state index in [1.807, 2.05) is 6.92 Å². The third-order valence-electron chi connectivity index (χ3n) is 3.39. The van der Waals surface area contributed by atoms with Crippen molar-refractivity contribution in [1.82, 2.24) is 5.32 Å². The summed E-state index contributed by atoms with van der Waals surface area (Å²) >= 11 is 3.50. The molecule has 0 saturated carbocycles. The van der Waals surface area contributed by atoms with Crippen LogP contribution in [-0.2, 0) is 0 Å². The molecule has 0 bridgehead atoms. The van der Waals surface area contributed by atoms with Gasteiger partial charge in [0.25, 0.3) is 0 Å². The molecule has 2 aromatic rings. The number of hydrogen-bond donors (Lipinski definition) is 1. The zero-order valence-corrected chi connectivity index (χ0v) is 14.4. The van der Waals surface area contributed by atoms with Crippen molar-refractivity contribution < 1.29 is 4.74 Å². The maximum Gasteiger partial charge on any atom is 0.124 e. The summed E-state index contributed by atoms with van der Waals surface area (Å²) in [4.78, 5) is 0. The van der Waals surface area contributed by atoms with E-state index in [0.29, 0.717) is 6.61 Å². The second-order valence-electron chi connectivity index (χ2n) is 5.02. The molecule has 0 aliphatic carbocycles. The van der Waals surface area contributed by atoms with Crippen LogP contribution < -0.4 is 10.1 Å². The highest BCUT2D eigenvalue weighted by Gasteiger charge is 2.17. The Morgan fingerprint density at radius 1 is 1.10 bits per heavy atom. The highest BCUT2D eigenvalue weighted by Crippen LogP contribution is 2.31. The lowest BCUT2D eigenvalue weighted by Gasteiger charge is -2.22. The van der Waals surface area contributed by atoms with Crippen molar-refractivity contribution in [3.05, 3.63) is 63.6 Å². The standard InChI is InChI=1S/C18H22BrNO/c1-4-20-18(14-7-9-15(19)10-8-14)16-12-13(3)6-11-17(16)21-5-2/h6-12,18,20H,4-5H2,1-3H3. The average molecular weight is 348 g/mol. The predicted octanol–water partition coefficient (Wildman–Crippen LogP) is 4.86. The second-order valence-corrected chi connectivity index (χ2v) is 5.93. The molecule has 1 N–H and O–H groups in total. The molecule has 0 amide bonds. The largest absolute Gasteiger partial charge is 0.494 e. The zero-order valence-electron chi connectivity index (χ0n) is 12.8. The Balaban J connectivity index is 2.46. The summed E-state index contributed by atoms with van der Waals surface area (Å²) in [5.74, 6) is 0.956. The fourth-order valence-corrected chi connectivity index (χ4v) is 2.71. The van der Waals surface area contributed by atoms with Gasteiger partial charge in [0.1, 0.15) is 5.75 Å². The molecule has 0 aliphatic rings. The summed E-state index contributed by atoms with van der Waals surface area (Å²) in [6, 6.07) is 15.0. The van der Waals surface area contributed by atoms with Gasteiger partial charge in [0.15, 0.2) is 0 Å². The fourth-order valence-electron chi connectivity index (χ4n) is 2.45. The third-order valence-corrected chi connectivity index (χ3v) is 3.92. The van der Waals surface area contributed by atoms with Crippen LogP contribution in [0.4, 0.5) is 0 Å². The minimum atomic E-state index is 0.143. The monoisotopic (exact) mass is 347 g/mol. The lowest BCUT2D eigenvalue weighted by molar-refractivity contribution is 0.333. The summed E-state index contributed by atoms with van der Waals surface area (Å²) in [5.41, 5.74) is 3.68. The number of aryl methyl sites for hydroxylation is 1. The number of halogens is 1. The van der Waals surface area contributed by atoms with Crippen LogP contribution in [0, 0.1) is 6.92 Å². The van der Waals surface area contributed by atoms with E-state index in [2.05, 4.69) is 77.6 Å². The minimum absolute atomic E-state index is 0.143. The molecule has 1 unspecified atom stereocenters. The normalized spacial score (nSPS) is 12.2. The minimum Gasteiger partial charge on any atom is -0.494 e. The van der Waals surface area contributed by atoms with Crippen molar-refractivity contribution in [2.24, 2.45) is 0 Å². The van der Waals surface area contributed by atoms with E-state index in [-0.39, 0.29) is 6.04 Å². The smallest absolute Gasteiger partial charge is 0.124 e. The maximum atomic E-state index is 5.82. The number of ether oxygens (including phenoxy) is 1. The first kappa shape index (κ1) is 16.1. The quantitative estimate of drug-likeness (QED) is 0.805. The van der Waals surface area contributed by atoms with E-state index in [9.17, 15) is 0 Å². The summed E-state index contributed by atoms with van der Waals surface area (Å²) in [5, 5.41) is 3.57. The zero-order chi connectivity index (χ0) is 15.2. The van der Waals surface area contributed by atoms with Crippen LogP contribution in [0.1, 0.15) is 36.6 Å². The second kappa shape index (κ2) is 7.62.